The molecular weight excluding hydrogens is 744 g/mol. The Morgan fingerprint density at radius 2 is 1.05 bits per heavy atom. The van der Waals surface area contributed by atoms with E-state index in [9.17, 15) is 19.4 Å². The normalized spacial score (nSPS) is 15.2. The molecule has 332 valence electrons. The van der Waals surface area contributed by atoms with Gasteiger partial charge in [-0.2, -0.15) is 0 Å². The van der Waals surface area contributed by atoms with Crippen molar-refractivity contribution < 1.29 is 32.9 Å². The maximum Gasteiger partial charge on any atom is 0.268 e. The fraction of sp³-hybridized carbons (Fsp3) is 0.653. The molecule has 0 aromatic rings. The van der Waals surface area contributed by atoms with E-state index in [0.717, 1.165) is 103 Å². The number of hydrogen-bond acceptors (Lipinski definition) is 6. The molecule has 3 atom stereocenters. The number of quaternary nitrogens is 1. The van der Waals surface area contributed by atoms with Crippen LogP contribution in [0.5, 0.6) is 0 Å². The minimum absolute atomic E-state index is 0.000453. The lowest BCUT2D eigenvalue weighted by Crippen LogP contribution is -2.46. The third kappa shape index (κ3) is 41.6. The summed E-state index contributed by atoms with van der Waals surface area (Å²) in [6.45, 7) is 4.50. The topological polar surface area (TPSA) is 108 Å². The first-order valence-electron chi connectivity index (χ1n) is 22.6. The van der Waals surface area contributed by atoms with Crippen LogP contribution in [0.1, 0.15) is 155 Å². The number of unbranched alkanes of at least 4 members (excludes halogenated alkanes) is 10. The molecule has 0 aromatic heterocycles. The van der Waals surface area contributed by atoms with Gasteiger partial charge in [0.25, 0.3) is 7.82 Å². The third-order valence-corrected chi connectivity index (χ3v) is 10.3. The Hall–Kier alpha value is -2.58. The number of aliphatic hydroxyl groups is 1. The summed E-state index contributed by atoms with van der Waals surface area (Å²) in [5.41, 5.74) is 0. The summed E-state index contributed by atoms with van der Waals surface area (Å²) in [5.74, 6) is -0.199. The van der Waals surface area contributed by atoms with Gasteiger partial charge in [-0.1, -0.05) is 169 Å². The summed E-state index contributed by atoms with van der Waals surface area (Å²) >= 11 is 0. The van der Waals surface area contributed by atoms with Gasteiger partial charge in [0.2, 0.25) is 5.91 Å². The molecule has 0 saturated heterocycles. The van der Waals surface area contributed by atoms with E-state index in [-0.39, 0.29) is 19.1 Å². The number of allylic oxidation sites excluding steroid dienone is 16. The van der Waals surface area contributed by atoms with Crippen molar-refractivity contribution in [2.45, 2.75) is 167 Å². The molecule has 0 heterocycles. The van der Waals surface area contributed by atoms with Crippen molar-refractivity contribution in [3.63, 3.8) is 0 Å². The molecule has 0 aromatic carbocycles. The predicted molar refractivity (Wildman–Crippen MR) is 246 cm³/mol. The van der Waals surface area contributed by atoms with Crippen LogP contribution in [0.4, 0.5) is 0 Å². The van der Waals surface area contributed by atoms with Crippen LogP contribution in [0.25, 0.3) is 0 Å². The Kier molecular flexibility index (Phi) is 38.1. The van der Waals surface area contributed by atoms with E-state index in [1.165, 1.54) is 25.7 Å². The highest BCUT2D eigenvalue weighted by molar-refractivity contribution is 7.45. The number of hydrogen-bond donors (Lipinski definition) is 2. The number of carbonyl (C=O) groups is 1. The number of phosphoric acid groups is 1. The van der Waals surface area contributed by atoms with Crippen molar-refractivity contribution in [2.75, 3.05) is 40.9 Å². The first-order valence-corrected chi connectivity index (χ1v) is 24.0. The smallest absolute Gasteiger partial charge is 0.268 e. The molecule has 8 nitrogen and oxygen atoms in total. The Balaban J connectivity index is 4.22. The van der Waals surface area contributed by atoms with E-state index in [2.05, 4.69) is 116 Å². The second-order valence-corrected chi connectivity index (χ2v) is 17.4. The van der Waals surface area contributed by atoms with Crippen LogP contribution in [0.15, 0.2) is 97.2 Å². The van der Waals surface area contributed by atoms with Crippen LogP contribution in [0.2, 0.25) is 0 Å². The molecule has 0 aliphatic heterocycles. The van der Waals surface area contributed by atoms with Crippen molar-refractivity contribution in [3.8, 4) is 0 Å². The zero-order chi connectivity index (χ0) is 42.8. The molecule has 0 fully saturated rings. The van der Waals surface area contributed by atoms with Gasteiger partial charge in [0.05, 0.1) is 39.9 Å². The van der Waals surface area contributed by atoms with Gasteiger partial charge in [-0.3, -0.25) is 9.36 Å². The van der Waals surface area contributed by atoms with E-state index >= 15 is 0 Å². The van der Waals surface area contributed by atoms with Gasteiger partial charge < -0.3 is 28.8 Å². The van der Waals surface area contributed by atoms with Crippen molar-refractivity contribution in [2.24, 2.45) is 0 Å². The summed E-state index contributed by atoms with van der Waals surface area (Å²) in [7, 11) is 1.26. The Morgan fingerprint density at radius 3 is 1.53 bits per heavy atom. The van der Waals surface area contributed by atoms with Gasteiger partial charge in [0.1, 0.15) is 13.2 Å². The molecule has 9 heteroatoms. The Bertz CT molecular complexity index is 1260. The standard InChI is InChI=1S/C49H85N2O6P/c1-6-8-10-12-14-15-16-17-18-19-20-21-22-23-24-25-26-27-28-29-30-31-32-33-34-35-37-39-41-43-49(53)50-47(48(52)42-40-38-36-13-11-9-7-2)46-57-58(54,55)56-45-44-51(3,4)5/h8,10,14-15,17-18,20-21,23-24,26-27,29-30,32-33,47-48,52H,6-7,9,11-13,16,19,22,25,28,31,34-46H2,1-5H3,(H-,50,53,54,55)/b10-8-,15-14-,18-17-,21-20-,24-23-,27-26-,30-29-,33-32-. The molecule has 0 spiro atoms. The summed E-state index contributed by atoms with van der Waals surface area (Å²) in [6, 6.07) is -0.818. The molecule has 1 amide bonds. The highest BCUT2D eigenvalue weighted by Crippen LogP contribution is 2.38. The highest BCUT2D eigenvalue weighted by Gasteiger charge is 2.24. The van der Waals surface area contributed by atoms with Gasteiger partial charge in [0.15, 0.2) is 0 Å². The van der Waals surface area contributed by atoms with Gasteiger partial charge in [-0.25, -0.2) is 0 Å². The molecule has 3 unspecified atom stereocenters. The van der Waals surface area contributed by atoms with Crippen molar-refractivity contribution in [1.29, 1.82) is 0 Å². The fourth-order valence-corrected chi connectivity index (χ4v) is 6.48. The van der Waals surface area contributed by atoms with Gasteiger partial charge in [-0.15, -0.1) is 0 Å². The minimum atomic E-state index is -4.57. The molecule has 0 aliphatic carbocycles. The average Bonchev–Trinajstić information content (AvgIpc) is 3.17. The van der Waals surface area contributed by atoms with Crippen LogP contribution in [-0.2, 0) is 18.4 Å². The lowest BCUT2D eigenvalue weighted by Gasteiger charge is -2.30. The van der Waals surface area contributed by atoms with Crippen LogP contribution >= 0.6 is 7.82 Å². The van der Waals surface area contributed by atoms with Crippen molar-refractivity contribution in [3.05, 3.63) is 97.2 Å². The van der Waals surface area contributed by atoms with Gasteiger partial charge in [-0.05, 0) is 77.0 Å². The highest BCUT2D eigenvalue weighted by atomic mass is 31.2. The predicted octanol–water partition coefficient (Wildman–Crippen LogP) is 12.1. The molecule has 58 heavy (non-hydrogen) atoms. The monoisotopic (exact) mass is 829 g/mol. The van der Waals surface area contributed by atoms with E-state index < -0.39 is 20.0 Å². The molecule has 0 radical (unpaired) electrons. The summed E-state index contributed by atoms with van der Waals surface area (Å²) in [5, 5.41) is 13.8. The van der Waals surface area contributed by atoms with Crippen molar-refractivity contribution in [1.82, 2.24) is 5.32 Å². The fourth-order valence-electron chi connectivity index (χ4n) is 5.76. The number of likely N-dealkylation sites (N-methyl/N-ethyl adjacent to an activating group) is 1. The summed E-state index contributed by atoms with van der Waals surface area (Å²) in [4.78, 5) is 25.2. The number of aliphatic hydroxyl groups excluding tert-OH is 1. The quantitative estimate of drug-likeness (QED) is 0.0276. The van der Waals surface area contributed by atoms with E-state index in [4.69, 9.17) is 9.05 Å². The van der Waals surface area contributed by atoms with E-state index in [0.29, 0.717) is 23.9 Å². The Labute approximate surface area is 356 Å². The average molecular weight is 829 g/mol. The zero-order valence-corrected chi connectivity index (χ0v) is 38.3. The van der Waals surface area contributed by atoms with Crippen LogP contribution in [0.3, 0.4) is 0 Å². The second kappa shape index (κ2) is 39.9. The van der Waals surface area contributed by atoms with Crippen molar-refractivity contribution >= 4 is 13.7 Å². The summed E-state index contributed by atoms with van der Waals surface area (Å²) < 4.78 is 23.1. The molecule has 0 saturated carbocycles. The maximum atomic E-state index is 12.8. The first kappa shape index (κ1) is 55.4. The van der Waals surface area contributed by atoms with Crippen LogP contribution in [-0.4, -0.2) is 68.5 Å². The third-order valence-electron chi connectivity index (χ3n) is 9.34. The molecule has 0 bridgehead atoms. The Morgan fingerprint density at radius 1 is 0.621 bits per heavy atom. The number of nitrogens with zero attached hydrogens (tertiary/aromatic N) is 1. The molecule has 2 N–H and O–H groups in total. The SMILES string of the molecule is CC/C=C\C/C=C\C/C=C\C/C=C\C/C=C\C/C=C\C/C=C\C/C=C\CCCCCCC(=O)NC(COP(=O)([O-])OCC[N+](C)(C)C)C(O)CCCCCCCCC. The lowest BCUT2D eigenvalue weighted by molar-refractivity contribution is -0.870. The molecule has 0 aliphatic rings. The van der Waals surface area contributed by atoms with E-state index in [1.54, 1.807) is 0 Å². The first-order chi connectivity index (χ1) is 28.0. The van der Waals surface area contributed by atoms with Crippen LogP contribution in [0, 0.1) is 0 Å². The van der Waals surface area contributed by atoms with Crippen LogP contribution < -0.4 is 10.2 Å². The lowest BCUT2D eigenvalue weighted by atomic mass is 10.0. The zero-order valence-electron chi connectivity index (χ0n) is 37.5. The van der Waals surface area contributed by atoms with E-state index in [1.807, 2.05) is 21.1 Å². The number of amides is 1. The molecule has 0 rings (SSSR count). The number of phosphoric ester groups is 1. The molecular formula is C49H85N2O6P. The van der Waals surface area contributed by atoms with Gasteiger partial charge in [0, 0.05) is 6.42 Å². The largest absolute Gasteiger partial charge is 0.756 e. The number of carbonyl (C=O) groups excluding carboxylic acids is 1. The van der Waals surface area contributed by atoms with Gasteiger partial charge >= 0.3 is 0 Å². The maximum absolute atomic E-state index is 12.8. The second-order valence-electron chi connectivity index (χ2n) is 16.0. The summed E-state index contributed by atoms with van der Waals surface area (Å²) in [6.07, 6.45) is 55.8. The number of nitrogens with one attached hydrogen (secondary N) is 1. The number of rotatable bonds is 39. The minimum Gasteiger partial charge on any atom is -0.756 e.